The molecule has 0 radical (unpaired) electrons. The molecule has 0 aromatic rings. The summed E-state index contributed by atoms with van der Waals surface area (Å²) >= 11 is 0. The molecule has 230 valence electrons. The van der Waals surface area contributed by atoms with E-state index in [9.17, 15) is 19.5 Å². The van der Waals surface area contributed by atoms with Gasteiger partial charge in [-0.25, -0.2) is 9.59 Å². The van der Waals surface area contributed by atoms with E-state index in [0.29, 0.717) is 32.4 Å². The number of carbonyl (C=O) groups excluding carboxylic acids is 3. The van der Waals surface area contributed by atoms with Crippen LogP contribution < -0.4 is 0 Å². The molecule has 9 heteroatoms. The first kappa shape index (κ1) is 32.7. The van der Waals surface area contributed by atoms with Crippen LogP contribution in [-0.4, -0.2) is 83.7 Å². The van der Waals surface area contributed by atoms with Crippen LogP contribution in [-0.2, 0) is 19.0 Å². The summed E-state index contributed by atoms with van der Waals surface area (Å²) in [6.45, 7) is 12.8. The first-order valence-electron chi connectivity index (χ1n) is 15.2. The van der Waals surface area contributed by atoms with Gasteiger partial charge in [-0.3, -0.25) is 4.79 Å². The summed E-state index contributed by atoms with van der Waals surface area (Å²) in [6.07, 6.45) is 12.9. The Balaban J connectivity index is 1.67. The zero-order valence-corrected chi connectivity index (χ0v) is 25.6. The van der Waals surface area contributed by atoms with Gasteiger partial charge in [0.25, 0.3) is 0 Å². The molecular weight excluding hydrogens is 524 g/mol. The quantitative estimate of drug-likeness (QED) is 0.186. The van der Waals surface area contributed by atoms with Crippen LogP contribution >= 0.6 is 0 Å². The highest BCUT2D eigenvalue weighted by Crippen LogP contribution is 2.27. The predicted molar refractivity (Wildman–Crippen MR) is 157 cm³/mol. The van der Waals surface area contributed by atoms with Gasteiger partial charge in [-0.15, -0.1) is 0 Å². The molecule has 0 bridgehead atoms. The summed E-state index contributed by atoms with van der Waals surface area (Å²) in [5.74, 6) is -0.584. The van der Waals surface area contributed by atoms with E-state index in [4.69, 9.17) is 14.2 Å². The summed E-state index contributed by atoms with van der Waals surface area (Å²) in [5.41, 5.74) is -0.505. The van der Waals surface area contributed by atoms with E-state index in [1.54, 1.807) is 16.7 Å². The second-order valence-electron chi connectivity index (χ2n) is 12.8. The Morgan fingerprint density at radius 2 is 1.73 bits per heavy atom. The first-order valence-corrected chi connectivity index (χ1v) is 15.2. The molecule has 4 atom stereocenters. The Bertz CT molecular complexity index is 988. The lowest BCUT2D eigenvalue weighted by atomic mass is 9.90. The fourth-order valence-corrected chi connectivity index (χ4v) is 5.36. The van der Waals surface area contributed by atoms with Crippen LogP contribution in [0.15, 0.2) is 36.0 Å². The SMILES string of the molecule is C/C(=C\C=C\C(C)(C)COC(=O)N1CCCC1)[C@H]1OC(=O)C[C@H](OC(=O)N2CCCC2)CC[C@@](C)(O)C/C=C/[C@@H]1C. The third-order valence-electron chi connectivity index (χ3n) is 8.05. The van der Waals surface area contributed by atoms with E-state index in [1.807, 2.05) is 58.1 Å². The molecule has 2 fully saturated rings. The van der Waals surface area contributed by atoms with Crippen molar-refractivity contribution in [2.75, 3.05) is 32.8 Å². The molecule has 41 heavy (non-hydrogen) atoms. The topological polar surface area (TPSA) is 106 Å². The highest BCUT2D eigenvalue weighted by molar-refractivity contribution is 5.72. The van der Waals surface area contributed by atoms with Crippen molar-refractivity contribution >= 4 is 18.2 Å². The summed E-state index contributed by atoms with van der Waals surface area (Å²) in [4.78, 5) is 41.5. The van der Waals surface area contributed by atoms with Crippen molar-refractivity contribution in [3.05, 3.63) is 36.0 Å². The average molecular weight is 575 g/mol. The third-order valence-corrected chi connectivity index (χ3v) is 8.05. The number of ether oxygens (including phenoxy) is 3. The number of hydrogen-bond acceptors (Lipinski definition) is 7. The van der Waals surface area contributed by atoms with E-state index in [2.05, 4.69) is 0 Å². The molecule has 0 aliphatic carbocycles. The van der Waals surface area contributed by atoms with Gasteiger partial charge in [0.2, 0.25) is 0 Å². The van der Waals surface area contributed by atoms with Gasteiger partial charge in [0, 0.05) is 37.5 Å². The van der Waals surface area contributed by atoms with Crippen molar-refractivity contribution in [3.8, 4) is 0 Å². The van der Waals surface area contributed by atoms with Crippen LogP contribution in [0.3, 0.4) is 0 Å². The minimum Gasteiger partial charge on any atom is -0.457 e. The van der Waals surface area contributed by atoms with E-state index in [0.717, 1.165) is 44.3 Å². The van der Waals surface area contributed by atoms with Gasteiger partial charge in [-0.05, 0) is 64.4 Å². The lowest BCUT2D eigenvalue weighted by molar-refractivity contribution is -0.151. The fourth-order valence-electron chi connectivity index (χ4n) is 5.36. The Morgan fingerprint density at radius 3 is 2.37 bits per heavy atom. The summed E-state index contributed by atoms with van der Waals surface area (Å²) in [5, 5.41) is 10.9. The van der Waals surface area contributed by atoms with Crippen LogP contribution in [0.4, 0.5) is 9.59 Å². The Morgan fingerprint density at radius 1 is 1.12 bits per heavy atom. The third kappa shape index (κ3) is 10.8. The number of carbonyl (C=O) groups is 3. The molecule has 9 nitrogen and oxygen atoms in total. The molecule has 0 aromatic heterocycles. The zero-order chi connectivity index (χ0) is 30.0. The number of aliphatic hydroxyl groups is 1. The van der Waals surface area contributed by atoms with E-state index >= 15 is 0 Å². The lowest BCUT2D eigenvalue weighted by Gasteiger charge is -2.29. The number of hydrogen-bond donors (Lipinski definition) is 1. The smallest absolute Gasteiger partial charge is 0.410 e. The van der Waals surface area contributed by atoms with Crippen LogP contribution in [0.5, 0.6) is 0 Å². The van der Waals surface area contributed by atoms with Gasteiger partial charge in [0.15, 0.2) is 0 Å². The Kier molecular flexibility index (Phi) is 11.9. The number of rotatable bonds is 6. The minimum absolute atomic E-state index is 0.0683. The fraction of sp³-hybridized carbons (Fsp3) is 0.719. The molecule has 3 rings (SSSR count). The maximum atomic E-state index is 13.1. The Labute approximate surface area is 245 Å². The molecule has 0 aromatic carbocycles. The number of nitrogens with zero attached hydrogens (tertiary/aromatic N) is 2. The van der Waals surface area contributed by atoms with Gasteiger partial charge in [0.1, 0.15) is 18.8 Å². The van der Waals surface area contributed by atoms with E-state index in [1.165, 1.54) is 0 Å². The van der Waals surface area contributed by atoms with Crippen molar-refractivity contribution < 1.29 is 33.7 Å². The first-order chi connectivity index (χ1) is 19.3. The summed E-state index contributed by atoms with van der Waals surface area (Å²) in [7, 11) is 0. The lowest BCUT2D eigenvalue weighted by Crippen LogP contribution is -2.36. The monoisotopic (exact) mass is 574 g/mol. The second kappa shape index (κ2) is 14.9. The second-order valence-corrected chi connectivity index (χ2v) is 12.8. The number of esters is 1. The van der Waals surface area contributed by atoms with E-state index in [-0.39, 0.29) is 30.5 Å². The van der Waals surface area contributed by atoms with Crippen LogP contribution in [0.2, 0.25) is 0 Å². The summed E-state index contributed by atoms with van der Waals surface area (Å²) < 4.78 is 17.2. The molecule has 1 N–H and O–H groups in total. The molecule has 0 spiro atoms. The van der Waals surface area contributed by atoms with Gasteiger partial charge < -0.3 is 29.1 Å². The maximum Gasteiger partial charge on any atom is 0.410 e. The number of cyclic esters (lactones) is 1. The molecule has 2 saturated heterocycles. The van der Waals surface area contributed by atoms with Crippen LogP contribution in [0.1, 0.15) is 86.0 Å². The van der Waals surface area contributed by atoms with Gasteiger partial charge in [0.05, 0.1) is 12.0 Å². The molecule has 2 amide bonds. The largest absolute Gasteiger partial charge is 0.457 e. The number of amides is 2. The standard InChI is InChI=1S/C32H50N2O7/c1-24(12-10-15-31(3,4)23-39-29(36)33-18-6-7-19-33)28-25(2)13-11-16-32(5,38)17-14-26(22-27(35)41-28)40-30(37)34-20-8-9-21-34/h10-13,15,25-26,28,38H,6-9,14,16-23H2,1-5H3/b13-11+,15-10+,24-12+/t25-,26+,28+,32-/m0/s1. The van der Waals surface area contributed by atoms with Gasteiger partial charge >= 0.3 is 18.2 Å². The molecule has 0 saturated carbocycles. The molecule has 3 heterocycles. The average Bonchev–Trinajstić information content (AvgIpc) is 3.63. The minimum atomic E-state index is -0.982. The highest BCUT2D eigenvalue weighted by atomic mass is 16.6. The number of likely N-dealkylation sites (tertiary alicyclic amines) is 2. The highest BCUT2D eigenvalue weighted by Gasteiger charge is 2.31. The van der Waals surface area contributed by atoms with Crippen molar-refractivity contribution in [1.29, 1.82) is 0 Å². The molecule has 3 aliphatic heterocycles. The van der Waals surface area contributed by atoms with Gasteiger partial charge in [-0.1, -0.05) is 51.2 Å². The maximum absolute atomic E-state index is 13.1. The Hall–Kier alpha value is -2.81. The molecule has 0 unspecified atom stereocenters. The molecule has 3 aliphatic rings. The normalized spacial score (nSPS) is 29.6. The van der Waals surface area contributed by atoms with Crippen LogP contribution in [0.25, 0.3) is 0 Å². The van der Waals surface area contributed by atoms with Crippen molar-refractivity contribution in [2.24, 2.45) is 11.3 Å². The summed E-state index contributed by atoms with van der Waals surface area (Å²) in [6, 6.07) is 0. The van der Waals surface area contributed by atoms with Crippen molar-refractivity contribution in [1.82, 2.24) is 9.80 Å². The van der Waals surface area contributed by atoms with E-state index < -0.39 is 29.9 Å². The molecular formula is C32H50N2O7. The number of allylic oxidation sites excluding steroid dienone is 2. The van der Waals surface area contributed by atoms with Crippen molar-refractivity contribution in [3.63, 3.8) is 0 Å². The zero-order valence-electron chi connectivity index (χ0n) is 25.6. The predicted octanol–water partition coefficient (Wildman–Crippen LogP) is 5.78. The van der Waals surface area contributed by atoms with Gasteiger partial charge in [-0.2, -0.15) is 0 Å². The van der Waals surface area contributed by atoms with Crippen molar-refractivity contribution in [2.45, 2.75) is 104 Å². The van der Waals surface area contributed by atoms with Crippen LogP contribution in [0, 0.1) is 11.3 Å².